The SMILES string of the molecule is [B]c1c(C)c(O)c2c(oc3c(O)c(C)c(O)c(Br)c32)c1O. The summed E-state index contributed by atoms with van der Waals surface area (Å²) in [7, 11) is 5.71. The van der Waals surface area contributed by atoms with Gasteiger partial charge >= 0.3 is 0 Å². The van der Waals surface area contributed by atoms with E-state index < -0.39 is 0 Å². The first-order valence-electron chi connectivity index (χ1n) is 6.03. The van der Waals surface area contributed by atoms with E-state index in [1.54, 1.807) is 6.92 Å². The number of phenolic OH excluding ortho intramolecular Hbond substituents is 4. The summed E-state index contributed by atoms with van der Waals surface area (Å²) in [6.45, 7) is 3.06. The van der Waals surface area contributed by atoms with E-state index in [2.05, 4.69) is 15.9 Å². The van der Waals surface area contributed by atoms with Crippen molar-refractivity contribution in [2.24, 2.45) is 0 Å². The molecule has 2 aromatic carbocycles. The molecule has 0 saturated heterocycles. The molecule has 0 unspecified atom stereocenters. The second-order valence-electron chi connectivity index (χ2n) is 4.88. The summed E-state index contributed by atoms with van der Waals surface area (Å²) in [6.07, 6.45) is 0. The van der Waals surface area contributed by atoms with Crippen LogP contribution in [0, 0.1) is 13.8 Å². The predicted octanol–water partition coefficient (Wildman–Crippen LogP) is 2.58. The highest BCUT2D eigenvalue weighted by molar-refractivity contribution is 9.10. The molecule has 3 rings (SSSR count). The Hall–Kier alpha value is -2.02. The standard InChI is InChI=1S/C14H10BBrO5/c1-3-7(15)12(20)14-6(9(3)17)5-8(16)10(18)4(2)11(19)13(5)21-14/h17-20H,1-2H3. The molecule has 2 radical (unpaired) electrons. The Morgan fingerprint density at radius 2 is 1.38 bits per heavy atom. The first-order chi connectivity index (χ1) is 9.77. The Balaban J connectivity index is 2.73. The molecule has 4 N–H and O–H groups in total. The summed E-state index contributed by atoms with van der Waals surface area (Å²) in [5.41, 5.74) is 0.497. The Bertz CT molecular complexity index is 855. The lowest BCUT2D eigenvalue weighted by molar-refractivity contribution is 0.437. The zero-order chi connectivity index (χ0) is 15.6. The molecular weight excluding hydrogens is 339 g/mol. The van der Waals surface area contributed by atoms with Gasteiger partial charge in [-0.2, -0.15) is 0 Å². The summed E-state index contributed by atoms with van der Waals surface area (Å²) in [5.74, 6) is -0.935. The quantitative estimate of drug-likeness (QED) is 0.370. The number of hydrogen-bond donors (Lipinski definition) is 4. The topological polar surface area (TPSA) is 94.1 Å². The molecular formula is C14H10BBrO5. The van der Waals surface area contributed by atoms with Crippen LogP contribution >= 0.6 is 15.9 Å². The van der Waals surface area contributed by atoms with E-state index in [0.29, 0.717) is 0 Å². The maximum absolute atomic E-state index is 10.3. The van der Waals surface area contributed by atoms with Crippen molar-refractivity contribution in [1.82, 2.24) is 0 Å². The fourth-order valence-corrected chi connectivity index (χ4v) is 3.06. The zero-order valence-electron chi connectivity index (χ0n) is 11.2. The lowest BCUT2D eigenvalue weighted by Gasteiger charge is -2.08. The molecule has 0 bridgehead atoms. The number of aromatic hydroxyl groups is 4. The van der Waals surface area contributed by atoms with Gasteiger partial charge < -0.3 is 24.8 Å². The van der Waals surface area contributed by atoms with Crippen molar-refractivity contribution >= 4 is 51.2 Å². The summed E-state index contributed by atoms with van der Waals surface area (Å²) < 4.78 is 5.72. The van der Waals surface area contributed by atoms with E-state index in [0.717, 1.165) is 0 Å². The third-order valence-electron chi connectivity index (χ3n) is 3.73. The molecule has 0 fully saturated rings. The normalized spacial score (nSPS) is 11.6. The maximum Gasteiger partial charge on any atom is 0.180 e. The minimum Gasteiger partial charge on any atom is -0.507 e. The molecule has 1 heterocycles. The smallest absolute Gasteiger partial charge is 0.180 e. The summed E-state index contributed by atoms with van der Waals surface area (Å²) in [5, 5.41) is 41.0. The van der Waals surface area contributed by atoms with Crippen LogP contribution < -0.4 is 5.46 Å². The first-order valence-corrected chi connectivity index (χ1v) is 6.82. The lowest BCUT2D eigenvalue weighted by atomic mass is 9.88. The maximum atomic E-state index is 10.3. The van der Waals surface area contributed by atoms with Crippen LogP contribution in [0.2, 0.25) is 0 Å². The van der Waals surface area contributed by atoms with Crippen molar-refractivity contribution in [1.29, 1.82) is 0 Å². The molecule has 0 spiro atoms. The number of phenols is 4. The summed E-state index contributed by atoms with van der Waals surface area (Å²) in [6, 6.07) is 0. The fourth-order valence-electron chi connectivity index (χ4n) is 2.38. The van der Waals surface area contributed by atoms with Gasteiger partial charge in [0.15, 0.2) is 22.7 Å². The highest BCUT2D eigenvalue weighted by Crippen LogP contribution is 2.50. The third-order valence-corrected chi connectivity index (χ3v) is 4.50. The van der Waals surface area contributed by atoms with E-state index in [4.69, 9.17) is 12.3 Å². The highest BCUT2D eigenvalue weighted by Gasteiger charge is 2.26. The molecule has 1 aromatic heterocycles. The van der Waals surface area contributed by atoms with Gasteiger partial charge in [-0.1, -0.05) is 0 Å². The number of rotatable bonds is 0. The minimum atomic E-state index is -0.319. The average molecular weight is 349 g/mol. The van der Waals surface area contributed by atoms with Gasteiger partial charge in [-0.3, -0.25) is 0 Å². The van der Waals surface area contributed by atoms with Crippen molar-refractivity contribution in [2.75, 3.05) is 0 Å². The Morgan fingerprint density at radius 1 is 0.810 bits per heavy atom. The molecule has 0 amide bonds. The molecule has 106 valence electrons. The van der Waals surface area contributed by atoms with Gasteiger partial charge in [0.25, 0.3) is 0 Å². The van der Waals surface area contributed by atoms with Crippen LogP contribution in [0.15, 0.2) is 8.89 Å². The average Bonchev–Trinajstić information content (AvgIpc) is 2.87. The molecule has 21 heavy (non-hydrogen) atoms. The van der Waals surface area contributed by atoms with Gasteiger partial charge in [-0.25, -0.2) is 0 Å². The zero-order valence-corrected chi connectivity index (χ0v) is 12.7. The molecule has 0 saturated carbocycles. The monoisotopic (exact) mass is 348 g/mol. The second-order valence-corrected chi connectivity index (χ2v) is 5.68. The van der Waals surface area contributed by atoms with Crippen molar-refractivity contribution in [3.8, 4) is 23.0 Å². The number of furan rings is 1. The molecule has 3 aromatic rings. The third kappa shape index (κ3) is 1.58. The van der Waals surface area contributed by atoms with Crippen LogP contribution in [0.4, 0.5) is 0 Å². The molecule has 5 nitrogen and oxygen atoms in total. The van der Waals surface area contributed by atoms with Crippen LogP contribution in [-0.2, 0) is 0 Å². The van der Waals surface area contributed by atoms with Crippen LogP contribution in [0.25, 0.3) is 21.9 Å². The molecule has 7 heteroatoms. The Morgan fingerprint density at radius 3 is 2.00 bits per heavy atom. The second kappa shape index (κ2) is 4.24. The van der Waals surface area contributed by atoms with E-state index in [1.165, 1.54) is 6.92 Å². The van der Waals surface area contributed by atoms with E-state index >= 15 is 0 Å². The van der Waals surface area contributed by atoms with E-state index in [9.17, 15) is 20.4 Å². The van der Waals surface area contributed by atoms with E-state index in [-0.39, 0.29) is 66.0 Å². The van der Waals surface area contributed by atoms with Crippen molar-refractivity contribution in [2.45, 2.75) is 13.8 Å². The number of fused-ring (bicyclic) bond motifs is 3. The van der Waals surface area contributed by atoms with Crippen molar-refractivity contribution in [3.63, 3.8) is 0 Å². The highest BCUT2D eigenvalue weighted by atomic mass is 79.9. The van der Waals surface area contributed by atoms with Crippen molar-refractivity contribution < 1.29 is 24.8 Å². The Labute approximate surface area is 129 Å². The molecule has 0 aliphatic heterocycles. The van der Waals surface area contributed by atoms with Gasteiger partial charge in [-0.05, 0) is 40.8 Å². The van der Waals surface area contributed by atoms with Gasteiger partial charge in [0, 0.05) is 5.56 Å². The number of benzene rings is 2. The van der Waals surface area contributed by atoms with Gasteiger partial charge in [0.05, 0.1) is 15.2 Å². The van der Waals surface area contributed by atoms with Crippen LogP contribution in [0.3, 0.4) is 0 Å². The largest absolute Gasteiger partial charge is 0.507 e. The van der Waals surface area contributed by atoms with Crippen LogP contribution in [0.1, 0.15) is 11.1 Å². The molecule has 0 atom stereocenters. The lowest BCUT2D eigenvalue weighted by Crippen LogP contribution is -2.07. The van der Waals surface area contributed by atoms with Gasteiger partial charge in [0.2, 0.25) is 0 Å². The fraction of sp³-hybridized carbons (Fsp3) is 0.143. The van der Waals surface area contributed by atoms with Gasteiger partial charge in [-0.15, -0.1) is 0 Å². The van der Waals surface area contributed by atoms with Gasteiger partial charge in [0.1, 0.15) is 19.3 Å². The first kappa shape index (κ1) is 13.9. The predicted molar refractivity (Wildman–Crippen MR) is 82.9 cm³/mol. The minimum absolute atomic E-state index is 0.00406. The molecule has 0 aliphatic carbocycles. The number of hydrogen-bond acceptors (Lipinski definition) is 5. The Kier molecular flexibility index (Phi) is 2.81. The number of halogens is 1. The van der Waals surface area contributed by atoms with Crippen LogP contribution in [0.5, 0.6) is 23.0 Å². The van der Waals surface area contributed by atoms with Crippen molar-refractivity contribution in [3.05, 3.63) is 15.6 Å². The summed E-state index contributed by atoms with van der Waals surface area (Å²) >= 11 is 3.22. The van der Waals surface area contributed by atoms with E-state index in [1.807, 2.05) is 0 Å². The van der Waals surface area contributed by atoms with Crippen LogP contribution in [-0.4, -0.2) is 28.3 Å². The summed E-state index contributed by atoms with van der Waals surface area (Å²) in [4.78, 5) is 0. The molecule has 0 aliphatic rings.